The standard InChI is InChI=1S/C18H22O5/c19-17-16-15(22-18(23-16)9-5-2-6-10-18)14(21-17)12-20-11-13-7-3-1-4-8-13/h1,3-4,7-8,14-16H,2,5-6,9-12H2/t14-,15-,16-/m1/s1. The van der Waals surface area contributed by atoms with E-state index in [1.54, 1.807) is 0 Å². The van der Waals surface area contributed by atoms with Gasteiger partial charge >= 0.3 is 5.97 Å². The van der Waals surface area contributed by atoms with Crippen LogP contribution in [0.5, 0.6) is 0 Å². The van der Waals surface area contributed by atoms with E-state index in [9.17, 15) is 4.79 Å². The number of ether oxygens (including phenoxy) is 4. The molecule has 1 aromatic rings. The second-order valence-electron chi connectivity index (χ2n) is 6.57. The molecule has 5 heteroatoms. The minimum Gasteiger partial charge on any atom is -0.455 e. The van der Waals surface area contributed by atoms with Crippen molar-refractivity contribution in [3.8, 4) is 0 Å². The molecular weight excluding hydrogens is 296 g/mol. The first-order valence-electron chi connectivity index (χ1n) is 8.44. The third-order valence-corrected chi connectivity index (χ3v) is 4.87. The summed E-state index contributed by atoms with van der Waals surface area (Å²) < 4.78 is 23.2. The molecule has 3 fully saturated rings. The molecule has 124 valence electrons. The molecule has 5 nitrogen and oxygen atoms in total. The van der Waals surface area contributed by atoms with Crippen molar-refractivity contribution in [2.24, 2.45) is 0 Å². The fourth-order valence-electron chi connectivity index (χ4n) is 3.69. The summed E-state index contributed by atoms with van der Waals surface area (Å²) in [5.41, 5.74) is 1.10. The summed E-state index contributed by atoms with van der Waals surface area (Å²) in [6.45, 7) is 0.833. The van der Waals surface area contributed by atoms with Crippen LogP contribution in [-0.2, 0) is 30.3 Å². The number of carbonyl (C=O) groups is 1. The van der Waals surface area contributed by atoms with Crippen LogP contribution in [0.3, 0.4) is 0 Å². The first-order valence-corrected chi connectivity index (χ1v) is 8.44. The molecule has 2 heterocycles. The van der Waals surface area contributed by atoms with Crippen molar-refractivity contribution < 1.29 is 23.7 Å². The highest BCUT2D eigenvalue weighted by Crippen LogP contribution is 2.44. The lowest BCUT2D eigenvalue weighted by Gasteiger charge is -2.33. The van der Waals surface area contributed by atoms with Crippen molar-refractivity contribution in [2.75, 3.05) is 6.61 Å². The Balaban J connectivity index is 1.35. The van der Waals surface area contributed by atoms with Gasteiger partial charge in [-0.1, -0.05) is 36.8 Å². The maximum atomic E-state index is 12.0. The second kappa shape index (κ2) is 6.23. The van der Waals surface area contributed by atoms with Crippen molar-refractivity contribution in [3.05, 3.63) is 35.9 Å². The van der Waals surface area contributed by atoms with E-state index in [4.69, 9.17) is 18.9 Å². The largest absolute Gasteiger partial charge is 0.455 e. The summed E-state index contributed by atoms with van der Waals surface area (Å²) >= 11 is 0. The van der Waals surface area contributed by atoms with Gasteiger partial charge in [0.1, 0.15) is 6.10 Å². The van der Waals surface area contributed by atoms with Crippen molar-refractivity contribution in [1.29, 1.82) is 0 Å². The van der Waals surface area contributed by atoms with E-state index in [2.05, 4.69) is 0 Å². The third kappa shape index (κ3) is 3.01. The highest BCUT2D eigenvalue weighted by Gasteiger charge is 2.58. The molecule has 4 rings (SSSR count). The minimum absolute atomic E-state index is 0.314. The predicted octanol–water partition coefficient (Wildman–Crippen LogP) is 2.57. The SMILES string of the molecule is O=C1O[C@H](COCc2ccccc2)[C@H]2OC3(CCCCC3)O[C@@H]12. The summed E-state index contributed by atoms with van der Waals surface area (Å²) in [6.07, 6.45) is 3.81. The Hall–Kier alpha value is -1.43. The number of benzene rings is 1. The lowest BCUT2D eigenvalue weighted by Crippen LogP contribution is -2.37. The summed E-state index contributed by atoms with van der Waals surface area (Å²) in [6, 6.07) is 9.95. The van der Waals surface area contributed by atoms with E-state index in [1.165, 1.54) is 6.42 Å². The van der Waals surface area contributed by atoms with E-state index in [0.29, 0.717) is 13.2 Å². The first kappa shape index (κ1) is 15.1. The highest BCUT2D eigenvalue weighted by molar-refractivity contribution is 5.78. The number of hydrogen-bond acceptors (Lipinski definition) is 5. The van der Waals surface area contributed by atoms with E-state index < -0.39 is 11.9 Å². The van der Waals surface area contributed by atoms with Crippen molar-refractivity contribution in [1.82, 2.24) is 0 Å². The predicted molar refractivity (Wildman–Crippen MR) is 81.5 cm³/mol. The molecule has 1 aromatic carbocycles. The molecule has 0 amide bonds. The van der Waals surface area contributed by atoms with Crippen molar-refractivity contribution in [3.63, 3.8) is 0 Å². The smallest absolute Gasteiger partial charge is 0.338 e. The highest BCUT2D eigenvalue weighted by atomic mass is 16.8. The number of cyclic esters (lactones) is 1. The zero-order valence-electron chi connectivity index (χ0n) is 13.1. The van der Waals surface area contributed by atoms with Crippen molar-refractivity contribution >= 4 is 5.97 Å². The van der Waals surface area contributed by atoms with Gasteiger partial charge in [0.05, 0.1) is 13.2 Å². The van der Waals surface area contributed by atoms with Gasteiger partial charge in [-0.05, 0) is 18.4 Å². The molecular formula is C18H22O5. The van der Waals surface area contributed by atoms with Gasteiger partial charge in [0.25, 0.3) is 0 Å². The Morgan fingerprint density at radius 2 is 1.87 bits per heavy atom. The van der Waals surface area contributed by atoms with Crippen LogP contribution in [0.25, 0.3) is 0 Å². The average Bonchev–Trinajstić information content (AvgIpc) is 3.07. The van der Waals surface area contributed by atoms with Gasteiger partial charge in [0, 0.05) is 12.8 Å². The molecule has 0 N–H and O–H groups in total. The number of carbonyl (C=O) groups excluding carboxylic acids is 1. The molecule has 1 saturated carbocycles. The topological polar surface area (TPSA) is 54.0 Å². The Labute approximate surface area is 135 Å². The van der Waals surface area contributed by atoms with Gasteiger partial charge in [-0.2, -0.15) is 0 Å². The van der Waals surface area contributed by atoms with Crippen LogP contribution in [0.1, 0.15) is 37.7 Å². The lowest BCUT2D eigenvalue weighted by molar-refractivity contribution is -0.219. The first-order chi connectivity index (χ1) is 11.3. The minimum atomic E-state index is -0.585. The van der Waals surface area contributed by atoms with Crippen LogP contribution in [-0.4, -0.2) is 36.7 Å². The van der Waals surface area contributed by atoms with Gasteiger partial charge in [0.15, 0.2) is 18.0 Å². The summed E-state index contributed by atoms with van der Waals surface area (Å²) in [4.78, 5) is 12.0. The fraction of sp³-hybridized carbons (Fsp3) is 0.611. The average molecular weight is 318 g/mol. The van der Waals surface area contributed by atoms with Crippen LogP contribution >= 0.6 is 0 Å². The Morgan fingerprint density at radius 3 is 2.65 bits per heavy atom. The number of fused-ring (bicyclic) bond motifs is 1. The van der Waals surface area contributed by atoms with E-state index in [1.807, 2.05) is 30.3 Å². The Bertz CT molecular complexity index is 552. The maximum absolute atomic E-state index is 12.0. The fourth-order valence-corrected chi connectivity index (χ4v) is 3.69. The van der Waals surface area contributed by atoms with Crippen LogP contribution in [0.2, 0.25) is 0 Å². The molecule has 2 saturated heterocycles. The van der Waals surface area contributed by atoms with Crippen LogP contribution in [0.15, 0.2) is 30.3 Å². The molecule has 1 spiro atoms. The second-order valence-corrected chi connectivity index (χ2v) is 6.57. The quantitative estimate of drug-likeness (QED) is 0.799. The number of esters is 1. The maximum Gasteiger partial charge on any atom is 0.338 e. The Kier molecular flexibility index (Phi) is 4.09. The van der Waals surface area contributed by atoms with Gasteiger partial charge in [0.2, 0.25) is 0 Å². The van der Waals surface area contributed by atoms with E-state index in [0.717, 1.165) is 31.2 Å². The van der Waals surface area contributed by atoms with Gasteiger partial charge < -0.3 is 18.9 Å². The zero-order chi connectivity index (χ0) is 15.7. The molecule has 0 bridgehead atoms. The summed E-state index contributed by atoms with van der Waals surface area (Å²) in [7, 11) is 0. The van der Waals surface area contributed by atoms with Crippen LogP contribution < -0.4 is 0 Å². The molecule has 0 radical (unpaired) electrons. The molecule has 3 aliphatic rings. The van der Waals surface area contributed by atoms with Gasteiger partial charge in [-0.15, -0.1) is 0 Å². The number of hydrogen-bond donors (Lipinski definition) is 0. The molecule has 0 aromatic heterocycles. The molecule has 0 unspecified atom stereocenters. The summed E-state index contributed by atoms with van der Waals surface area (Å²) in [5.74, 6) is -0.879. The van der Waals surface area contributed by atoms with E-state index >= 15 is 0 Å². The normalized spacial score (nSPS) is 32.0. The monoisotopic (exact) mass is 318 g/mol. The Morgan fingerprint density at radius 1 is 1.09 bits per heavy atom. The van der Waals surface area contributed by atoms with Crippen LogP contribution in [0, 0.1) is 0 Å². The van der Waals surface area contributed by atoms with E-state index in [-0.39, 0.29) is 18.2 Å². The molecule has 1 aliphatic carbocycles. The van der Waals surface area contributed by atoms with Crippen molar-refractivity contribution in [2.45, 2.75) is 62.8 Å². The lowest BCUT2D eigenvalue weighted by atomic mass is 9.94. The molecule has 2 aliphatic heterocycles. The number of rotatable bonds is 4. The third-order valence-electron chi connectivity index (χ3n) is 4.87. The summed E-state index contributed by atoms with van der Waals surface area (Å²) in [5, 5.41) is 0. The zero-order valence-corrected chi connectivity index (χ0v) is 13.1. The van der Waals surface area contributed by atoms with Gasteiger partial charge in [-0.25, -0.2) is 4.79 Å². The van der Waals surface area contributed by atoms with Gasteiger partial charge in [-0.3, -0.25) is 0 Å². The van der Waals surface area contributed by atoms with Crippen LogP contribution in [0.4, 0.5) is 0 Å². The molecule has 3 atom stereocenters. The molecule has 23 heavy (non-hydrogen) atoms.